The predicted molar refractivity (Wildman–Crippen MR) is 119 cm³/mol. The van der Waals surface area contributed by atoms with Crippen LogP contribution in [0.4, 0.5) is 5.13 Å². The van der Waals surface area contributed by atoms with Crippen molar-refractivity contribution in [1.29, 1.82) is 0 Å². The van der Waals surface area contributed by atoms with Gasteiger partial charge in [0.1, 0.15) is 10.6 Å². The molecular weight excluding hydrogens is 467 g/mol. The number of nitrogens with one attached hydrogen (secondary N) is 2. The average molecular weight is 491 g/mol. The molecule has 31 heavy (non-hydrogen) atoms. The number of hydrogen-bond donors (Lipinski definition) is 3. The summed E-state index contributed by atoms with van der Waals surface area (Å²) in [6, 6.07) is -0.287. The maximum absolute atomic E-state index is 12.8. The summed E-state index contributed by atoms with van der Waals surface area (Å²) in [6.45, 7) is 4.98. The topological polar surface area (TPSA) is 117 Å². The molecule has 1 unspecified atom stereocenters. The lowest BCUT2D eigenvalue weighted by Crippen LogP contribution is -2.55. The van der Waals surface area contributed by atoms with E-state index in [1.165, 1.54) is 6.20 Å². The first kappa shape index (κ1) is 23.8. The van der Waals surface area contributed by atoms with Crippen LogP contribution in [0.25, 0.3) is 0 Å². The molecule has 9 nitrogen and oxygen atoms in total. The lowest BCUT2D eigenvalue weighted by molar-refractivity contribution is -0.0347. The Kier molecular flexibility index (Phi) is 7.82. The summed E-state index contributed by atoms with van der Waals surface area (Å²) >= 11 is 13.4. The highest BCUT2D eigenvalue weighted by Gasteiger charge is 2.34. The lowest BCUT2D eigenvalue weighted by Gasteiger charge is -2.38. The summed E-state index contributed by atoms with van der Waals surface area (Å²) in [4.78, 5) is 33.3. The number of amides is 1. The minimum absolute atomic E-state index is 0.121. The van der Waals surface area contributed by atoms with Crippen molar-refractivity contribution < 1.29 is 24.2 Å². The molecule has 170 valence electrons. The SMILES string of the molecule is COC(C)CO[C@H]1CN(c2ncc(C(=O)O)s2)CC[C@H]1NC(=O)c1[nH]c(C)c(Cl)c1Cl. The number of methoxy groups -OCH3 is 1. The Hall–Kier alpha value is -1.85. The van der Waals surface area contributed by atoms with Gasteiger partial charge in [0.2, 0.25) is 0 Å². The Bertz CT molecular complexity index is 950. The molecule has 12 heteroatoms. The number of aromatic nitrogens is 2. The second-order valence-corrected chi connectivity index (χ2v) is 9.06. The van der Waals surface area contributed by atoms with Crippen LogP contribution < -0.4 is 10.2 Å². The van der Waals surface area contributed by atoms with Gasteiger partial charge in [-0.1, -0.05) is 34.5 Å². The number of nitrogens with zero attached hydrogens (tertiary/aromatic N) is 2. The van der Waals surface area contributed by atoms with Gasteiger partial charge in [-0.15, -0.1) is 0 Å². The van der Waals surface area contributed by atoms with Gasteiger partial charge in [0.05, 0.1) is 41.1 Å². The molecular formula is C19H24Cl2N4O5S. The fraction of sp³-hybridized carbons (Fsp3) is 0.526. The highest BCUT2D eigenvalue weighted by Crippen LogP contribution is 2.30. The first-order valence-electron chi connectivity index (χ1n) is 9.64. The number of thiazole rings is 1. The van der Waals surface area contributed by atoms with Crippen LogP contribution in [0.1, 0.15) is 39.2 Å². The van der Waals surface area contributed by atoms with Crippen LogP contribution in [0.3, 0.4) is 0 Å². The Morgan fingerprint density at radius 1 is 1.45 bits per heavy atom. The predicted octanol–water partition coefficient (Wildman–Crippen LogP) is 3.21. The van der Waals surface area contributed by atoms with Crippen LogP contribution in [-0.4, -0.2) is 72.0 Å². The summed E-state index contributed by atoms with van der Waals surface area (Å²) in [5, 5.41) is 13.3. The number of carboxylic acids is 1. The molecule has 0 bridgehead atoms. The number of hydrogen-bond acceptors (Lipinski definition) is 7. The van der Waals surface area contributed by atoms with Gasteiger partial charge in [-0.2, -0.15) is 0 Å². The first-order chi connectivity index (χ1) is 14.7. The Morgan fingerprint density at radius 2 is 2.19 bits per heavy atom. The maximum atomic E-state index is 12.8. The van der Waals surface area contributed by atoms with Crippen LogP contribution in [0.15, 0.2) is 6.20 Å². The van der Waals surface area contributed by atoms with Gasteiger partial charge >= 0.3 is 5.97 Å². The molecule has 2 aromatic rings. The number of carbonyl (C=O) groups excluding carboxylic acids is 1. The highest BCUT2D eigenvalue weighted by atomic mass is 35.5. The summed E-state index contributed by atoms with van der Waals surface area (Å²) in [5.74, 6) is -1.38. The van der Waals surface area contributed by atoms with Gasteiger partial charge in [-0.25, -0.2) is 9.78 Å². The van der Waals surface area contributed by atoms with Crippen molar-refractivity contribution in [3.8, 4) is 0 Å². The van der Waals surface area contributed by atoms with E-state index in [2.05, 4.69) is 15.3 Å². The molecule has 0 aliphatic carbocycles. The van der Waals surface area contributed by atoms with Gasteiger partial charge in [0.15, 0.2) is 5.13 Å². The molecule has 1 amide bonds. The van der Waals surface area contributed by atoms with Gasteiger partial charge in [0.25, 0.3) is 5.91 Å². The van der Waals surface area contributed by atoms with E-state index in [1.807, 2.05) is 11.8 Å². The van der Waals surface area contributed by atoms with Gasteiger partial charge in [0, 0.05) is 25.9 Å². The van der Waals surface area contributed by atoms with E-state index in [0.29, 0.717) is 42.0 Å². The number of H-pyrrole nitrogens is 1. The number of anilines is 1. The monoisotopic (exact) mass is 490 g/mol. The molecule has 1 fully saturated rings. The number of aryl methyl sites for hydroxylation is 1. The summed E-state index contributed by atoms with van der Waals surface area (Å²) in [6.07, 6.45) is 1.44. The van der Waals surface area contributed by atoms with E-state index >= 15 is 0 Å². The minimum Gasteiger partial charge on any atom is -0.477 e. The van der Waals surface area contributed by atoms with E-state index in [-0.39, 0.29) is 39.8 Å². The fourth-order valence-corrected chi connectivity index (χ4v) is 4.44. The largest absolute Gasteiger partial charge is 0.477 e. The zero-order valence-corrected chi connectivity index (χ0v) is 19.6. The van der Waals surface area contributed by atoms with E-state index in [9.17, 15) is 9.59 Å². The highest BCUT2D eigenvalue weighted by molar-refractivity contribution is 7.17. The number of carbonyl (C=O) groups is 2. The first-order valence-corrected chi connectivity index (χ1v) is 11.2. The normalized spacial score (nSPS) is 20.0. The molecule has 3 atom stereocenters. The quantitative estimate of drug-likeness (QED) is 0.519. The molecule has 0 spiro atoms. The van der Waals surface area contributed by atoms with Crippen LogP contribution >= 0.6 is 34.5 Å². The third-order valence-electron chi connectivity index (χ3n) is 5.08. The van der Waals surface area contributed by atoms with Crippen LogP contribution in [0.5, 0.6) is 0 Å². The van der Waals surface area contributed by atoms with Crippen molar-refractivity contribution in [3.05, 3.63) is 32.5 Å². The molecule has 3 N–H and O–H groups in total. The molecule has 1 saturated heterocycles. The number of halogens is 2. The van der Waals surface area contributed by atoms with E-state index in [4.69, 9.17) is 37.8 Å². The van der Waals surface area contributed by atoms with Crippen LogP contribution in [0, 0.1) is 6.92 Å². The minimum atomic E-state index is -1.01. The molecule has 0 saturated carbocycles. The molecule has 0 aromatic carbocycles. The molecule has 3 rings (SSSR count). The number of rotatable bonds is 8. The van der Waals surface area contributed by atoms with Crippen molar-refractivity contribution in [1.82, 2.24) is 15.3 Å². The van der Waals surface area contributed by atoms with Crippen LogP contribution in [0.2, 0.25) is 10.0 Å². The van der Waals surface area contributed by atoms with Crippen molar-refractivity contribution in [2.24, 2.45) is 0 Å². The van der Waals surface area contributed by atoms with E-state index < -0.39 is 5.97 Å². The Labute approximate surface area is 193 Å². The molecule has 2 aromatic heterocycles. The van der Waals surface area contributed by atoms with Crippen molar-refractivity contribution in [3.63, 3.8) is 0 Å². The van der Waals surface area contributed by atoms with Gasteiger partial charge in [-0.3, -0.25) is 4.79 Å². The number of carboxylic acid groups (broad SMARTS) is 1. The standard InChI is InChI=1S/C19H24Cl2N4O5S/c1-9(29-3)8-30-12-7-25(19-22-6-13(31-19)18(27)28)5-4-11(12)24-17(26)16-15(21)14(20)10(2)23-16/h6,9,11-12,23H,4-5,7-8H2,1-3H3,(H,24,26)(H,27,28)/t9?,11-,12+/m1/s1. The molecule has 0 radical (unpaired) electrons. The summed E-state index contributed by atoms with van der Waals surface area (Å²) < 4.78 is 11.3. The van der Waals surface area contributed by atoms with Gasteiger partial charge in [-0.05, 0) is 20.3 Å². The second-order valence-electron chi connectivity index (χ2n) is 7.30. The number of ether oxygens (including phenoxy) is 2. The van der Waals surface area contributed by atoms with Gasteiger partial charge < -0.3 is 29.8 Å². The van der Waals surface area contributed by atoms with Crippen LogP contribution in [-0.2, 0) is 9.47 Å². The van der Waals surface area contributed by atoms with Crippen molar-refractivity contribution >= 4 is 51.5 Å². The molecule has 3 heterocycles. The molecule has 1 aliphatic rings. The van der Waals surface area contributed by atoms with Crippen molar-refractivity contribution in [2.45, 2.75) is 38.5 Å². The number of piperidine rings is 1. The summed E-state index contributed by atoms with van der Waals surface area (Å²) in [5.41, 5.74) is 0.827. The third kappa shape index (κ3) is 5.50. The lowest BCUT2D eigenvalue weighted by atomic mass is 10.0. The van der Waals surface area contributed by atoms with Crippen molar-refractivity contribution in [2.75, 3.05) is 31.7 Å². The van der Waals surface area contributed by atoms with E-state index in [1.54, 1.807) is 14.0 Å². The van der Waals surface area contributed by atoms with E-state index in [0.717, 1.165) is 11.3 Å². The second kappa shape index (κ2) is 10.2. The maximum Gasteiger partial charge on any atom is 0.347 e. The third-order valence-corrected chi connectivity index (χ3v) is 7.07. The smallest absolute Gasteiger partial charge is 0.347 e. The zero-order chi connectivity index (χ0) is 22.7. The Balaban J connectivity index is 1.74. The molecule has 1 aliphatic heterocycles. The fourth-order valence-electron chi connectivity index (χ4n) is 3.23. The number of aromatic carboxylic acids is 1. The summed E-state index contributed by atoms with van der Waals surface area (Å²) in [7, 11) is 1.60. The zero-order valence-electron chi connectivity index (χ0n) is 17.3. The Morgan fingerprint density at radius 3 is 2.77 bits per heavy atom. The number of aromatic amines is 1. The average Bonchev–Trinajstić information content (AvgIpc) is 3.34.